The molecule has 1 aliphatic rings. The summed E-state index contributed by atoms with van der Waals surface area (Å²) < 4.78 is 0. The van der Waals surface area contributed by atoms with Crippen LogP contribution < -0.4 is 11.1 Å². The number of aryl methyl sites for hydroxylation is 1. The lowest BCUT2D eigenvalue weighted by molar-refractivity contribution is 0.365. The molecule has 18 heavy (non-hydrogen) atoms. The molecule has 2 nitrogen and oxygen atoms in total. The number of benzene rings is 1. The van der Waals surface area contributed by atoms with Gasteiger partial charge in [0.1, 0.15) is 0 Å². The van der Waals surface area contributed by atoms with E-state index >= 15 is 0 Å². The summed E-state index contributed by atoms with van der Waals surface area (Å²) in [6, 6.07) is 6.78. The maximum atomic E-state index is 5.64. The Morgan fingerprint density at radius 1 is 1.39 bits per heavy atom. The van der Waals surface area contributed by atoms with Gasteiger partial charge in [0, 0.05) is 17.1 Å². The van der Waals surface area contributed by atoms with E-state index < -0.39 is 0 Å². The molecule has 1 aromatic carbocycles. The number of thioether (sulfide) groups is 1. The minimum absolute atomic E-state index is 0.263. The van der Waals surface area contributed by atoms with Crippen molar-refractivity contribution in [3.63, 3.8) is 0 Å². The highest BCUT2D eigenvalue weighted by Gasteiger charge is 2.17. The Labute approximate surface area is 115 Å². The SMILES string of the molecule is CC(C)(CCN)CNc1ccc2c(c1)CCCS2. The second-order valence-corrected chi connectivity index (χ2v) is 6.97. The summed E-state index contributed by atoms with van der Waals surface area (Å²) in [6.45, 7) is 6.27. The van der Waals surface area contributed by atoms with E-state index in [1.165, 1.54) is 34.7 Å². The van der Waals surface area contributed by atoms with Gasteiger partial charge in [-0.3, -0.25) is 0 Å². The molecule has 0 bridgehead atoms. The lowest BCUT2D eigenvalue weighted by atomic mass is 9.89. The Hall–Kier alpha value is -0.670. The highest BCUT2D eigenvalue weighted by molar-refractivity contribution is 7.99. The zero-order valence-electron chi connectivity index (χ0n) is 11.5. The summed E-state index contributed by atoms with van der Waals surface area (Å²) in [4.78, 5) is 1.47. The number of nitrogens with one attached hydrogen (secondary N) is 1. The highest BCUT2D eigenvalue weighted by Crippen LogP contribution is 2.32. The fourth-order valence-corrected chi connectivity index (χ4v) is 3.31. The molecule has 0 amide bonds. The molecule has 0 unspecified atom stereocenters. The molecule has 100 valence electrons. The predicted molar refractivity (Wildman–Crippen MR) is 81.4 cm³/mol. The number of nitrogens with two attached hydrogens (primary N) is 1. The first-order valence-corrected chi connectivity index (χ1v) is 7.79. The average molecular weight is 264 g/mol. The Kier molecular flexibility index (Phi) is 4.57. The van der Waals surface area contributed by atoms with Crippen LogP contribution in [0.3, 0.4) is 0 Å². The van der Waals surface area contributed by atoms with Gasteiger partial charge in [-0.15, -0.1) is 11.8 Å². The van der Waals surface area contributed by atoms with Gasteiger partial charge in [-0.1, -0.05) is 13.8 Å². The minimum atomic E-state index is 0.263. The van der Waals surface area contributed by atoms with Crippen molar-refractivity contribution in [2.45, 2.75) is 38.0 Å². The van der Waals surface area contributed by atoms with Crippen LogP contribution in [-0.4, -0.2) is 18.8 Å². The molecule has 0 atom stereocenters. The molecule has 0 aromatic heterocycles. The van der Waals surface area contributed by atoms with Gasteiger partial charge >= 0.3 is 0 Å². The molecule has 0 saturated carbocycles. The second-order valence-electron chi connectivity index (χ2n) is 5.83. The fraction of sp³-hybridized carbons (Fsp3) is 0.600. The molecule has 3 N–H and O–H groups in total. The monoisotopic (exact) mass is 264 g/mol. The van der Waals surface area contributed by atoms with Crippen molar-refractivity contribution in [2.75, 3.05) is 24.2 Å². The van der Waals surface area contributed by atoms with Crippen LogP contribution in [0.15, 0.2) is 23.1 Å². The number of rotatable bonds is 5. The van der Waals surface area contributed by atoms with Gasteiger partial charge < -0.3 is 11.1 Å². The maximum Gasteiger partial charge on any atom is 0.0343 e. The standard InChI is InChI=1S/C15H24N2S/c1-15(2,7-8-16)11-17-13-5-6-14-12(10-13)4-3-9-18-14/h5-6,10,17H,3-4,7-9,11,16H2,1-2H3. The van der Waals surface area contributed by atoms with E-state index in [1.54, 1.807) is 0 Å². The van der Waals surface area contributed by atoms with Gasteiger partial charge in [0.15, 0.2) is 0 Å². The average Bonchev–Trinajstić information content (AvgIpc) is 2.36. The normalized spacial score (nSPS) is 15.3. The predicted octanol–water partition coefficient (Wildman–Crippen LogP) is 3.51. The summed E-state index contributed by atoms with van der Waals surface area (Å²) in [7, 11) is 0. The van der Waals surface area contributed by atoms with Crippen molar-refractivity contribution in [3.8, 4) is 0 Å². The summed E-state index contributed by atoms with van der Waals surface area (Å²) in [5.74, 6) is 1.27. The van der Waals surface area contributed by atoms with Crippen LogP contribution in [0.1, 0.15) is 32.3 Å². The van der Waals surface area contributed by atoms with E-state index in [2.05, 4.69) is 37.4 Å². The van der Waals surface area contributed by atoms with Gasteiger partial charge in [0.05, 0.1) is 0 Å². The van der Waals surface area contributed by atoms with Crippen LogP contribution in [0.25, 0.3) is 0 Å². The molecule has 1 aliphatic heterocycles. The van der Waals surface area contributed by atoms with Crippen LogP contribution in [-0.2, 0) is 6.42 Å². The largest absolute Gasteiger partial charge is 0.384 e. The van der Waals surface area contributed by atoms with Crippen LogP contribution in [0.2, 0.25) is 0 Å². The van der Waals surface area contributed by atoms with E-state index in [0.29, 0.717) is 0 Å². The Morgan fingerprint density at radius 3 is 3.00 bits per heavy atom. The quantitative estimate of drug-likeness (QED) is 0.854. The van der Waals surface area contributed by atoms with Crippen LogP contribution in [0, 0.1) is 5.41 Å². The van der Waals surface area contributed by atoms with Gasteiger partial charge in [-0.05, 0) is 60.7 Å². The van der Waals surface area contributed by atoms with E-state index in [-0.39, 0.29) is 5.41 Å². The molecular formula is C15H24N2S. The zero-order chi connectivity index (χ0) is 13.0. The zero-order valence-corrected chi connectivity index (χ0v) is 12.3. The summed E-state index contributed by atoms with van der Waals surface area (Å²) in [5, 5.41) is 3.56. The van der Waals surface area contributed by atoms with E-state index in [4.69, 9.17) is 5.73 Å². The first-order chi connectivity index (χ1) is 8.61. The number of hydrogen-bond donors (Lipinski definition) is 2. The van der Waals surface area contributed by atoms with E-state index in [0.717, 1.165) is 19.5 Å². The van der Waals surface area contributed by atoms with Crippen LogP contribution in [0.4, 0.5) is 5.69 Å². The third-order valence-corrected chi connectivity index (χ3v) is 4.70. The smallest absolute Gasteiger partial charge is 0.0343 e. The van der Waals surface area contributed by atoms with Crippen molar-refractivity contribution in [1.29, 1.82) is 0 Å². The highest BCUT2D eigenvalue weighted by atomic mass is 32.2. The lowest BCUT2D eigenvalue weighted by Crippen LogP contribution is -2.26. The number of hydrogen-bond acceptors (Lipinski definition) is 3. The lowest BCUT2D eigenvalue weighted by Gasteiger charge is -2.25. The first-order valence-electron chi connectivity index (χ1n) is 6.80. The molecule has 0 radical (unpaired) electrons. The Morgan fingerprint density at radius 2 is 2.22 bits per heavy atom. The second kappa shape index (κ2) is 5.98. The van der Waals surface area contributed by atoms with Crippen LogP contribution in [0.5, 0.6) is 0 Å². The van der Waals surface area contributed by atoms with Crippen molar-refractivity contribution in [1.82, 2.24) is 0 Å². The van der Waals surface area contributed by atoms with Crippen LogP contribution >= 0.6 is 11.8 Å². The van der Waals surface area contributed by atoms with Crippen molar-refractivity contribution in [3.05, 3.63) is 23.8 Å². The summed E-state index contributed by atoms with van der Waals surface area (Å²) in [6.07, 6.45) is 3.59. The molecule has 2 rings (SSSR count). The first kappa shape index (κ1) is 13.8. The molecule has 0 spiro atoms. The van der Waals surface area contributed by atoms with Gasteiger partial charge in [-0.2, -0.15) is 0 Å². The van der Waals surface area contributed by atoms with E-state index in [9.17, 15) is 0 Å². The summed E-state index contributed by atoms with van der Waals surface area (Å²) in [5.41, 5.74) is 8.67. The number of fused-ring (bicyclic) bond motifs is 1. The van der Waals surface area contributed by atoms with Gasteiger partial charge in [0.2, 0.25) is 0 Å². The topological polar surface area (TPSA) is 38.0 Å². The number of anilines is 1. The Bertz CT molecular complexity index is 401. The van der Waals surface area contributed by atoms with Crippen molar-refractivity contribution < 1.29 is 0 Å². The minimum Gasteiger partial charge on any atom is -0.384 e. The molecule has 1 heterocycles. The summed E-state index contributed by atoms with van der Waals surface area (Å²) >= 11 is 1.98. The third kappa shape index (κ3) is 3.66. The third-order valence-electron chi connectivity index (χ3n) is 3.50. The Balaban J connectivity index is 1.98. The van der Waals surface area contributed by atoms with E-state index in [1.807, 2.05) is 11.8 Å². The molecule has 0 saturated heterocycles. The van der Waals surface area contributed by atoms with Crippen molar-refractivity contribution in [2.24, 2.45) is 11.1 Å². The van der Waals surface area contributed by atoms with Gasteiger partial charge in [-0.25, -0.2) is 0 Å². The molecule has 1 aromatic rings. The molecule has 0 fully saturated rings. The van der Waals surface area contributed by atoms with Crippen molar-refractivity contribution >= 4 is 17.4 Å². The van der Waals surface area contributed by atoms with Gasteiger partial charge in [0.25, 0.3) is 0 Å². The fourth-order valence-electron chi connectivity index (χ4n) is 2.29. The molecule has 3 heteroatoms. The molecular weight excluding hydrogens is 240 g/mol. The maximum absolute atomic E-state index is 5.64. The molecule has 0 aliphatic carbocycles.